The van der Waals surface area contributed by atoms with E-state index in [2.05, 4.69) is 15.2 Å². The van der Waals surface area contributed by atoms with Crippen LogP contribution in [0.4, 0.5) is 0 Å². The van der Waals surface area contributed by atoms with Crippen LogP contribution in [0.3, 0.4) is 0 Å². The summed E-state index contributed by atoms with van der Waals surface area (Å²) >= 11 is 2.23. The summed E-state index contributed by atoms with van der Waals surface area (Å²) in [6.45, 7) is 0. The number of hydrogen-bond acceptors (Lipinski definition) is 9. The lowest BCUT2D eigenvalue weighted by atomic mass is 10.1. The molecule has 1 fully saturated rings. The molecule has 7 nitrogen and oxygen atoms in total. The van der Waals surface area contributed by atoms with Crippen molar-refractivity contribution < 1.29 is 18.8 Å². The molecule has 2 aromatic carbocycles. The second-order valence-corrected chi connectivity index (χ2v) is 9.01. The summed E-state index contributed by atoms with van der Waals surface area (Å²) in [5.74, 6) is -0.630. The minimum atomic E-state index is -0.528. The van der Waals surface area contributed by atoms with E-state index >= 15 is 0 Å². The summed E-state index contributed by atoms with van der Waals surface area (Å²) in [6, 6.07) is 15.8. The summed E-state index contributed by atoms with van der Waals surface area (Å²) in [5.41, 5.74) is 2.84. The SMILES string of the molecule is O=C1CC(=O)C(Cc2nnc(C(=O)c3nc4ccc(-c5ccccc5)cc4s3)o2)S1. The fourth-order valence-corrected chi connectivity index (χ4v) is 5.11. The van der Waals surface area contributed by atoms with Crippen LogP contribution in [0, 0.1) is 0 Å². The maximum atomic E-state index is 12.8. The van der Waals surface area contributed by atoms with Gasteiger partial charge in [-0.2, -0.15) is 0 Å². The van der Waals surface area contributed by atoms with E-state index in [1.165, 1.54) is 11.3 Å². The number of aromatic nitrogens is 3. The van der Waals surface area contributed by atoms with E-state index in [0.717, 1.165) is 27.6 Å². The van der Waals surface area contributed by atoms with Gasteiger partial charge in [0.05, 0.1) is 21.9 Å². The van der Waals surface area contributed by atoms with Crippen molar-refractivity contribution in [3.8, 4) is 11.1 Å². The molecular weight excluding hydrogens is 422 g/mol. The second kappa shape index (κ2) is 7.58. The predicted molar refractivity (Wildman–Crippen MR) is 113 cm³/mol. The van der Waals surface area contributed by atoms with Crippen LogP contribution in [0.5, 0.6) is 0 Å². The number of nitrogens with zero attached hydrogens (tertiary/aromatic N) is 3. The highest BCUT2D eigenvalue weighted by atomic mass is 32.2. The molecular formula is C21H13N3O4S2. The van der Waals surface area contributed by atoms with Crippen molar-refractivity contribution in [2.75, 3.05) is 0 Å². The average Bonchev–Trinajstić information content (AvgIpc) is 3.46. The van der Waals surface area contributed by atoms with Crippen molar-refractivity contribution in [3.05, 3.63) is 65.3 Å². The Bertz CT molecular complexity index is 1300. The molecule has 1 aliphatic rings. The number of carbonyl (C=O) groups excluding carboxylic acids is 3. The molecule has 30 heavy (non-hydrogen) atoms. The van der Waals surface area contributed by atoms with Crippen molar-refractivity contribution in [1.82, 2.24) is 15.2 Å². The Morgan fingerprint density at radius 1 is 1.07 bits per heavy atom. The zero-order valence-electron chi connectivity index (χ0n) is 15.4. The molecule has 3 heterocycles. The van der Waals surface area contributed by atoms with Crippen LogP contribution in [0.2, 0.25) is 0 Å². The Hall–Kier alpha value is -3.17. The minimum absolute atomic E-state index is 0.0774. The van der Waals surface area contributed by atoms with Gasteiger partial charge in [-0.05, 0) is 23.3 Å². The number of ketones is 2. The van der Waals surface area contributed by atoms with Gasteiger partial charge in [0.2, 0.25) is 5.89 Å². The molecule has 1 aliphatic heterocycles. The minimum Gasteiger partial charge on any atom is -0.418 e. The first-order valence-electron chi connectivity index (χ1n) is 9.12. The summed E-state index contributed by atoms with van der Waals surface area (Å²) in [7, 11) is 0. The van der Waals surface area contributed by atoms with Gasteiger partial charge in [-0.15, -0.1) is 21.5 Å². The van der Waals surface area contributed by atoms with Crippen molar-refractivity contribution in [2.24, 2.45) is 0 Å². The van der Waals surface area contributed by atoms with Gasteiger partial charge in [0.25, 0.3) is 11.7 Å². The lowest BCUT2D eigenvalue weighted by Crippen LogP contribution is -2.13. The monoisotopic (exact) mass is 435 g/mol. The van der Waals surface area contributed by atoms with Crippen LogP contribution in [0.25, 0.3) is 21.3 Å². The smallest absolute Gasteiger partial charge is 0.291 e. The summed E-state index contributed by atoms with van der Waals surface area (Å²) in [6.07, 6.45) is 0.0573. The highest BCUT2D eigenvalue weighted by molar-refractivity contribution is 8.15. The topological polar surface area (TPSA) is 103 Å². The molecule has 5 rings (SSSR count). The van der Waals surface area contributed by atoms with Gasteiger partial charge >= 0.3 is 0 Å². The van der Waals surface area contributed by atoms with Gasteiger partial charge < -0.3 is 4.42 Å². The Morgan fingerprint density at radius 3 is 2.67 bits per heavy atom. The normalized spacial score (nSPS) is 16.5. The van der Waals surface area contributed by atoms with E-state index in [1.807, 2.05) is 48.5 Å². The summed E-state index contributed by atoms with van der Waals surface area (Å²) in [5, 5.41) is 7.23. The largest absolute Gasteiger partial charge is 0.418 e. The molecule has 2 aromatic heterocycles. The van der Waals surface area contributed by atoms with E-state index in [1.54, 1.807) is 0 Å². The lowest BCUT2D eigenvalue weighted by Gasteiger charge is -2.00. The highest BCUT2D eigenvalue weighted by Gasteiger charge is 2.33. The van der Waals surface area contributed by atoms with Crippen LogP contribution in [-0.2, 0) is 16.0 Å². The van der Waals surface area contributed by atoms with E-state index in [0.29, 0.717) is 5.52 Å². The van der Waals surface area contributed by atoms with Crippen molar-refractivity contribution in [3.63, 3.8) is 0 Å². The van der Waals surface area contributed by atoms with Gasteiger partial charge in [0.15, 0.2) is 15.9 Å². The number of benzene rings is 2. The molecule has 4 aromatic rings. The molecule has 0 N–H and O–H groups in total. The third kappa shape index (κ3) is 3.57. The molecule has 1 unspecified atom stereocenters. The summed E-state index contributed by atoms with van der Waals surface area (Å²) in [4.78, 5) is 40.3. The van der Waals surface area contributed by atoms with Crippen LogP contribution >= 0.6 is 23.1 Å². The van der Waals surface area contributed by atoms with Gasteiger partial charge in [0, 0.05) is 6.42 Å². The molecule has 0 spiro atoms. The Balaban J connectivity index is 1.38. The highest BCUT2D eigenvalue weighted by Crippen LogP contribution is 2.30. The third-order valence-corrected chi connectivity index (χ3v) is 6.80. The summed E-state index contributed by atoms with van der Waals surface area (Å²) < 4.78 is 6.33. The molecule has 1 atom stereocenters. The maximum Gasteiger partial charge on any atom is 0.291 e. The molecule has 0 aliphatic carbocycles. The van der Waals surface area contributed by atoms with E-state index in [9.17, 15) is 14.4 Å². The zero-order valence-corrected chi connectivity index (χ0v) is 17.0. The number of hydrogen-bond donors (Lipinski definition) is 0. The predicted octanol–water partition coefficient (Wildman–Crippen LogP) is 3.72. The fourth-order valence-electron chi connectivity index (χ4n) is 3.19. The fraction of sp³-hybridized carbons (Fsp3) is 0.143. The molecule has 0 amide bonds. The first kappa shape index (κ1) is 18.8. The van der Waals surface area contributed by atoms with E-state index in [4.69, 9.17) is 4.42 Å². The molecule has 1 saturated heterocycles. The van der Waals surface area contributed by atoms with Crippen LogP contribution in [0.1, 0.15) is 28.0 Å². The van der Waals surface area contributed by atoms with Crippen molar-refractivity contribution in [1.29, 1.82) is 0 Å². The number of thiazole rings is 1. The maximum absolute atomic E-state index is 12.8. The third-order valence-electron chi connectivity index (χ3n) is 4.66. The van der Waals surface area contributed by atoms with Gasteiger partial charge in [-0.1, -0.05) is 48.2 Å². The number of rotatable bonds is 5. The van der Waals surface area contributed by atoms with Crippen molar-refractivity contribution >= 4 is 50.0 Å². The average molecular weight is 435 g/mol. The van der Waals surface area contributed by atoms with E-state index < -0.39 is 11.0 Å². The van der Waals surface area contributed by atoms with Gasteiger partial charge in [-0.25, -0.2) is 4.98 Å². The Labute approximate surface area is 178 Å². The number of fused-ring (bicyclic) bond motifs is 1. The Morgan fingerprint density at radius 2 is 1.90 bits per heavy atom. The Kier molecular flexibility index (Phi) is 4.76. The van der Waals surface area contributed by atoms with Gasteiger partial charge in [-0.3, -0.25) is 14.4 Å². The number of Topliss-reactive ketones (excluding diaryl/α,β-unsaturated/α-hetero) is 1. The molecule has 0 radical (unpaired) electrons. The molecule has 9 heteroatoms. The van der Waals surface area contributed by atoms with Gasteiger partial charge in [0.1, 0.15) is 0 Å². The zero-order chi connectivity index (χ0) is 20.7. The van der Waals surface area contributed by atoms with Crippen LogP contribution < -0.4 is 0 Å². The quantitative estimate of drug-likeness (QED) is 0.345. The number of thioether (sulfide) groups is 1. The lowest BCUT2D eigenvalue weighted by molar-refractivity contribution is -0.121. The second-order valence-electron chi connectivity index (χ2n) is 6.72. The molecule has 148 valence electrons. The molecule has 0 saturated carbocycles. The standard InChI is InChI=1S/C21H13N3O4S2/c25-14-9-18(26)29-16(14)10-17-23-24-20(28-17)19(27)21-22-13-7-6-12(8-15(13)30-21)11-4-2-1-3-5-11/h1-8,16H,9-10H2. The van der Waals surface area contributed by atoms with Crippen LogP contribution in [-0.4, -0.2) is 37.1 Å². The number of carbonyl (C=O) groups is 3. The van der Waals surface area contributed by atoms with E-state index in [-0.39, 0.29) is 40.5 Å². The first-order valence-corrected chi connectivity index (χ1v) is 10.8. The van der Waals surface area contributed by atoms with Crippen molar-refractivity contribution in [2.45, 2.75) is 18.1 Å². The first-order chi connectivity index (χ1) is 14.6. The molecule has 0 bridgehead atoms. The van der Waals surface area contributed by atoms with Crippen LogP contribution in [0.15, 0.2) is 52.9 Å².